The van der Waals surface area contributed by atoms with Crippen molar-refractivity contribution in [2.24, 2.45) is 0 Å². The summed E-state index contributed by atoms with van der Waals surface area (Å²) in [6.07, 6.45) is 1.08. The van der Waals surface area contributed by atoms with Gasteiger partial charge in [0.1, 0.15) is 18.0 Å². The first-order valence-corrected chi connectivity index (χ1v) is 12.6. The lowest BCUT2D eigenvalue weighted by atomic mass is 9.95. The molecule has 7 nitrogen and oxygen atoms in total. The Labute approximate surface area is 217 Å². The lowest BCUT2D eigenvalue weighted by Gasteiger charge is -2.45. The zero-order valence-corrected chi connectivity index (χ0v) is 21.5. The minimum absolute atomic E-state index is 0.0346. The fourth-order valence-corrected chi connectivity index (χ4v) is 4.90. The molecule has 1 saturated heterocycles. The largest absolute Gasteiger partial charge is 0.491 e. The van der Waals surface area contributed by atoms with Crippen LogP contribution in [0.3, 0.4) is 0 Å². The number of hydrogen-bond donors (Lipinski definition) is 3. The highest BCUT2D eigenvalue weighted by atomic mass is 35.5. The summed E-state index contributed by atoms with van der Waals surface area (Å²) in [6, 6.07) is 19.5. The van der Waals surface area contributed by atoms with Gasteiger partial charge in [-0.05, 0) is 37.6 Å². The second-order valence-corrected chi connectivity index (χ2v) is 10.0. The molecule has 0 amide bonds. The van der Waals surface area contributed by atoms with Crippen LogP contribution in [-0.2, 0) is 12.2 Å². The van der Waals surface area contributed by atoms with Gasteiger partial charge in [0.15, 0.2) is 0 Å². The normalized spacial score (nSPS) is 19.1. The molecule has 0 saturated carbocycles. The fraction of sp³-hybridized carbons (Fsp3) is 0.393. The highest BCUT2D eigenvalue weighted by molar-refractivity contribution is 6.33. The van der Waals surface area contributed by atoms with E-state index in [1.54, 1.807) is 32.2 Å². The summed E-state index contributed by atoms with van der Waals surface area (Å²) in [5.41, 5.74) is 2.29. The standard InChI is InChI=1S/C28H34ClN3O4/c1-20(34)18-36-24-10-11-26(25(29)14-24)32-13-12-31(16-27(32)21-6-4-3-5-7-21)19-28(2,35)22-8-9-23(17-33)30-15-22/h3-11,14-15,20,27,33-35H,12-13,16-19H2,1-2H3/t20-,27-,28+/m0/s1. The summed E-state index contributed by atoms with van der Waals surface area (Å²) in [5, 5.41) is 30.7. The number of nitrogens with zero attached hydrogens (tertiary/aromatic N) is 3. The second-order valence-electron chi connectivity index (χ2n) is 9.60. The highest BCUT2D eigenvalue weighted by Gasteiger charge is 2.34. The molecule has 192 valence electrons. The van der Waals surface area contributed by atoms with Crippen molar-refractivity contribution < 1.29 is 20.1 Å². The molecule has 1 fully saturated rings. The summed E-state index contributed by atoms with van der Waals surface area (Å²) in [5.74, 6) is 0.622. The Morgan fingerprint density at radius 1 is 1.14 bits per heavy atom. The van der Waals surface area contributed by atoms with Crippen molar-refractivity contribution in [3.8, 4) is 5.75 Å². The number of benzene rings is 2. The van der Waals surface area contributed by atoms with E-state index in [2.05, 4.69) is 26.9 Å². The van der Waals surface area contributed by atoms with Gasteiger partial charge in [-0.25, -0.2) is 0 Å². The zero-order valence-electron chi connectivity index (χ0n) is 20.7. The molecule has 0 spiro atoms. The summed E-state index contributed by atoms with van der Waals surface area (Å²) in [4.78, 5) is 8.81. The van der Waals surface area contributed by atoms with Crippen LogP contribution in [0.5, 0.6) is 5.75 Å². The van der Waals surface area contributed by atoms with Gasteiger partial charge in [0.2, 0.25) is 0 Å². The van der Waals surface area contributed by atoms with Crippen LogP contribution >= 0.6 is 11.6 Å². The van der Waals surface area contributed by atoms with Gasteiger partial charge in [0.25, 0.3) is 0 Å². The molecule has 2 heterocycles. The summed E-state index contributed by atoms with van der Waals surface area (Å²) in [7, 11) is 0. The number of hydrogen-bond acceptors (Lipinski definition) is 7. The molecule has 3 aromatic rings. The van der Waals surface area contributed by atoms with E-state index in [1.807, 2.05) is 36.4 Å². The first-order chi connectivity index (χ1) is 17.3. The van der Waals surface area contributed by atoms with Crippen molar-refractivity contribution in [3.05, 3.63) is 88.7 Å². The van der Waals surface area contributed by atoms with Crippen LogP contribution in [0.1, 0.15) is 36.7 Å². The molecule has 3 atom stereocenters. The molecule has 1 aliphatic rings. The molecule has 0 radical (unpaired) electrons. The van der Waals surface area contributed by atoms with Gasteiger partial charge in [0, 0.05) is 44.0 Å². The molecule has 1 aromatic heterocycles. The molecular weight excluding hydrogens is 478 g/mol. The van der Waals surface area contributed by atoms with E-state index in [1.165, 1.54) is 5.56 Å². The van der Waals surface area contributed by atoms with Gasteiger partial charge in [-0.1, -0.05) is 48.0 Å². The van der Waals surface area contributed by atoms with E-state index in [9.17, 15) is 15.3 Å². The number of aliphatic hydroxyl groups excluding tert-OH is 2. The van der Waals surface area contributed by atoms with E-state index in [-0.39, 0.29) is 19.3 Å². The SMILES string of the molecule is C[C@H](O)COc1ccc(N2CCN(C[C@@](C)(O)c3ccc(CO)nc3)C[C@H]2c2ccccc2)c(Cl)c1. The lowest BCUT2D eigenvalue weighted by molar-refractivity contribution is 0.00997. The number of rotatable bonds is 9. The maximum Gasteiger partial charge on any atom is 0.121 e. The third kappa shape index (κ3) is 6.35. The number of ether oxygens (including phenoxy) is 1. The number of aromatic nitrogens is 1. The van der Waals surface area contributed by atoms with Crippen LogP contribution in [0.4, 0.5) is 5.69 Å². The molecule has 0 unspecified atom stereocenters. The van der Waals surface area contributed by atoms with Gasteiger partial charge >= 0.3 is 0 Å². The van der Waals surface area contributed by atoms with Gasteiger partial charge in [-0.2, -0.15) is 0 Å². The van der Waals surface area contributed by atoms with E-state index in [0.29, 0.717) is 35.1 Å². The van der Waals surface area contributed by atoms with Crippen LogP contribution in [0.15, 0.2) is 66.9 Å². The average Bonchev–Trinajstić information content (AvgIpc) is 2.88. The average molecular weight is 512 g/mol. The zero-order chi connectivity index (χ0) is 25.7. The van der Waals surface area contributed by atoms with Crippen molar-refractivity contribution in [3.63, 3.8) is 0 Å². The topological polar surface area (TPSA) is 89.3 Å². The van der Waals surface area contributed by atoms with Crippen LogP contribution in [0, 0.1) is 0 Å². The monoisotopic (exact) mass is 511 g/mol. The van der Waals surface area contributed by atoms with Crippen LogP contribution < -0.4 is 9.64 Å². The molecule has 36 heavy (non-hydrogen) atoms. The van der Waals surface area contributed by atoms with Crippen LogP contribution in [0.2, 0.25) is 5.02 Å². The van der Waals surface area contributed by atoms with Crippen molar-refractivity contribution >= 4 is 17.3 Å². The Morgan fingerprint density at radius 2 is 1.92 bits per heavy atom. The predicted octanol–water partition coefficient (Wildman–Crippen LogP) is 3.76. The van der Waals surface area contributed by atoms with Gasteiger partial charge in [-0.3, -0.25) is 9.88 Å². The lowest BCUT2D eigenvalue weighted by Crippen LogP contribution is -2.52. The van der Waals surface area contributed by atoms with Crippen molar-refractivity contribution in [2.45, 2.75) is 38.2 Å². The van der Waals surface area contributed by atoms with Gasteiger partial charge < -0.3 is 25.0 Å². The summed E-state index contributed by atoms with van der Waals surface area (Å²) in [6.45, 7) is 6.19. The number of anilines is 1. The molecule has 8 heteroatoms. The molecule has 1 aliphatic heterocycles. The highest BCUT2D eigenvalue weighted by Crippen LogP contribution is 2.37. The van der Waals surface area contributed by atoms with Crippen molar-refractivity contribution in [2.75, 3.05) is 37.7 Å². The third-order valence-electron chi connectivity index (χ3n) is 6.51. The first kappa shape index (κ1) is 26.4. The summed E-state index contributed by atoms with van der Waals surface area (Å²) >= 11 is 6.72. The number of halogens is 1. The molecule has 3 N–H and O–H groups in total. The summed E-state index contributed by atoms with van der Waals surface area (Å²) < 4.78 is 5.62. The van der Waals surface area contributed by atoms with E-state index in [0.717, 1.165) is 18.8 Å². The van der Waals surface area contributed by atoms with E-state index in [4.69, 9.17) is 16.3 Å². The molecular formula is C28H34ClN3O4. The maximum atomic E-state index is 11.3. The minimum atomic E-state index is -1.09. The number of piperazine rings is 1. The first-order valence-electron chi connectivity index (χ1n) is 12.2. The fourth-order valence-electron chi connectivity index (χ4n) is 4.62. The Balaban J connectivity index is 1.55. The maximum absolute atomic E-state index is 11.3. The van der Waals surface area contributed by atoms with E-state index >= 15 is 0 Å². The van der Waals surface area contributed by atoms with Crippen LogP contribution in [0.25, 0.3) is 0 Å². The van der Waals surface area contributed by atoms with Gasteiger partial charge in [0.05, 0.1) is 35.2 Å². The molecule has 2 aromatic carbocycles. The molecule has 0 aliphatic carbocycles. The molecule has 0 bridgehead atoms. The Kier molecular flexibility index (Phi) is 8.49. The van der Waals surface area contributed by atoms with Crippen molar-refractivity contribution in [1.82, 2.24) is 9.88 Å². The van der Waals surface area contributed by atoms with Crippen molar-refractivity contribution in [1.29, 1.82) is 0 Å². The number of pyridine rings is 1. The quantitative estimate of drug-likeness (QED) is 0.403. The number of aliphatic hydroxyl groups is 3. The Bertz CT molecular complexity index is 1130. The Morgan fingerprint density at radius 3 is 2.56 bits per heavy atom. The smallest absolute Gasteiger partial charge is 0.121 e. The third-order valence-corrected chi connectivity index (χ3v) is 6.81. The second kappa shape index (κ2) is 11.6. The Hall–Kier alpha value is -2.68. The number of β-amino-alcohol motifs (C(OH)–C–C–N with tert-alkyl or cyclic N) is 1. The minimum Gasteiger partial charge on any atom is -0.491 e. The van der Waals surface area contributed by atoms with E-state index < -0.39 is 11.7 Å². The molecule has 4 rings (SSSR count). The predicted molar refractivity (Wildman–Crippen MR) is 141 cm³/mol. The van der Waals surface area contributed by atoms with Gasteiger partial charge in [-0.15, -0.1) is 0 Å². The van der Waals surface area contributed by atoms with Crippen LogP contribution in [-0.4, -0.2) is 64.1 Å².